The SMILES string of the molecule is O=C(O)COc1ccc2c(c1)OC(=Cc1ccc([N+](=O)[O-])cc1)C2=O. The molecule has 8 nitrogen and oxygen atoms in total. The number of carbonyl (C=O) groups is 2. The molecule has 1 N–H and O–H groups in total. The van der Waals surface area contributed by atoms with Crippen molar-refractivity contribution >= 4 is 23.5 Å². The first-order chi connectivity index (χ1) is 11.9. The van der Waals surface area contributed by atoms with E-state index in [0.717, 1.165) is 0 Å². The zero-order valence-corrected chi connectivity index (χ0v) is 12.7. The normalized spacial score (nSPS) is 14.1. The predicted molar refractivity (Wildman–Crippen MR) is 85.6 cm³/mol. The molecule has 1 heterocycles. The fourth-order valence-electron chi connectivity index (χ4n) is 2.25. The molecule has 0 unspecified atom stereocenters. The van der Waals surface area contributed by atoms with Crippen LogP contribution < -0.4 is 9.47 Å². The van der Waals surface area contributed by atoms with Crippen LogP contribution in [0.3, 0.4) is 0 Å². The highest BCUT2D eigenvalue weighted by Gasteiger charge is 2.27. The summed E-state index contributed by atoms with van der Waals surface area (Å²) in [6.45, 7) is -0.502. The Kier molecular flexibility index (Phi) is 4.17. The molecule has 0 aromatic heterocycles. The number of nitrogens with zero attached hydrogens (tertiary/aromatic N) is 1. The fraction of sp³-hybridized carbons (Fsp3) is 0.0588. The van der Waals surface area contributed by atoms with Crippen molar-refractivity contribution in [1.82, 2.24) is 0 Å². The van der Waals surface area contributed by atoms with Gasteiger partial charge in [0.25, 0.3) is 5.69 Å². The maximum absolute atomic E-state index is 12.3. The summed E-state index contributed by atoms with van der Waals surface area (Å²) in [6.07, 6.45) is 1.48. The van der Waals surface area contributed by atoms with Crippen LogP contribution >= 0.6 is 0 Å². The molecule has 0 saturated heterocycles. The molecule has 1 aliphatic rings. The summed E-state index contributed by atoms with van der Waals surface area (Å²) in [5.41, 5.74) is 0.851. The summed E-state index contributed by atoms with van der Waals surface area (Å²) >= 11 is 0. The third kappa shape index (κ3) is 3.47. The standard InChI is InChI=1S/C17H11NO7/c19-16(20)9-24-12-5-6-13-14(8-12)25-15(17(13)21)7-10-1-3-11(4-2-10)18(22)23/h1-8H,9H2,(H,19,20). The fourth-order valence-corrected chi connectivity index (χ4v) is 2.25. The zero-order chi connectivity index (χ0) is 18.0. The van der Waals surface area contributed by atoms with Crippen molar-refractivity contribution in [2.45, 2.75) is 0 Å². The van der Waals surface area contributed by atoms with E-state index in [-0.39, 0.29) is 28.7 Å². The van der Waals surface area contributed by atoms with Crippen molar-refractivity contribution in [3.05, 3.63) is 69.5 Å². The van der Waals surface area contributed by atoms with Crippen LogP contribution in [0.25, 0.3) is 6.08 Å². The van der Waals surface area contributed by atoms with Crippen molar-refractivity contribution in [2.24, 2.45) is 0 Å². The van der Waals surface area contributed by atoms with Crippen LogP contribution in [0.5, 0.6) is 11.5 Å². The number of hydrogen-bond donors (Lipinski definition) is 1. The van der Waals surface area contributed by atoms with E-state index in [1.165, 1.54) is 48.5 Å². The van der Waals surface area contributed by atoms with Crippen LogP contribution in [0, 0.1) is 10.1 Å². The lowest BCUT2D eigenvalue weighted by Crippen LogP contribution is -2.09. The highest BCUT2D eigenvalue weighted by Crippen LogP contribution is 2.35. The zero-order valence-electron chi connectivity index (χ0n) is 12.7. The molecule has 3 rings (SSSR count). The Hall–Kier alpha value is -3.68. The Bertz CT molecular complexity index is 900. The monoisotopic (exact) mass is 341 g/mol. The summed E-state index contributed by atoms with van der Waals surface area (Å²) in [5.74, 6) is -0.847. The summed E-state index contributed by atoms with van der Waals surface area (Å²) in [5, 5.41) is 19.3. The number of carbonyl (C=O) groups excluding carboxylic acids is 1. The number of ether oxygens (including phenoxy) is 2. The van der Waals surface area contributed by atoms with Gasteiger partial charge in [0.05, 0.1) is 10.5 Å². The molecule has 2 aromatic rings. The van der Waals surface area contributed by atoms with Crippen LogP contribution in [0.1, 0.15) is 15.9 Å². The number of ketones is 1. The Labute approximate surface area is 141 Å². The molecular weight excluding hydrogens is 330 g/mol. The van der Waals surface area contributed by atoms with E-state index >= 15 is 0 Å². The molecule has 0 spiro atoms. The number of benzene rings is 2. The van der Waals surface area contributed by atoms with Crippen LogP contribution in [-0.4, -0.2) is 28.4 Å². The lowest BCUT2D eigenvalue weighted by atomic mass is 10.1. The van der Waals surface area contributed by atoms with E-state index in [2.05, 4.69) is 0 Å². The summed E-state index contributed by atoms with van der Waals surface area (Å²) in [6, 6.07) is 10.1. The molecule has 0 saturated carbocycles. The molecule has 0 fully saturated rings. The van der Waals surface area contributed by atoms with Crippen LogP contribution in [-0.2, 0) is 4.79 Å². The number of allylic oxidation sites excluding steroid dienone is 1. The Morgan fingerprint density at radius 3 is 2.60 bits per heavy atom. The van der Waals surface area contributed by atoms with Gasteiger partial charge in [-0.05, 0) is 35.9 Å². The molecular formula is C17H11NO7. The van der Waals surface area contributed by atoms with Crippen molar-refractivity contribution in [2.75, 3.05) is 6.61 Å². The maximum atomic E-state index is 12.3. The average Bonchev–Trinajstić information content (AvgIpc) is 2.89. The molecule has 0 atom stereocenters. The maximum Gasteiger partial charge on any atom is 0.341 e. The molecule has 8 heteroatoms. The largest absolute Gasteiger partial charge is 0.482 e. The van der Waals surface area contributed by atoms with Gasteiger partial charge in [0.1, 0.15) is 11.5 Å². The average molecular weight is 341 g/mol. The number of rotatable bonds is 5. The second-order valence-electron chi connectivity index (χ2n) is 5.13. The molecule has 25 heavy (non-hydrogen) atoms. The number of non-ortho nitro benzene ring substituents is 1. The Balaban J connectivity index is 1.81. The van der Waals surface area contributed by atoms with Crippen molar-refractivity contribution < 1.29 is 29.1 Å². The number of nitro groups is 1. The van der Waals surface area contributed by atoms with Gasteiger partial charge in [-0.1, -0.05) is 0 Å². The first-order valence-electron chi connectivity index (χ1n) is 7.11. The molecule has 0 aliphatic carbocycles. The van der Waals surface area contributed by atoms with Crippen LogP contribution in [0.15, 0.2) is 48.2 Å². The van der Waals surface area contributed by atoms with Crippen molar-refractivity contribution in [1.29, 1.82) is 0 Å². The number of aliphatic carboxylic acids is 1. The first kappa shape index (κ1) is 16.2. The quantitative estimate of drug-likeness (QED) is 0.505. The minimum atomic E-state index is -1.11. The molecule has 1 aliphatic heterocycles. The van der Waals surface area contributed by atoms with Gasteiger partial charge in [0, 0.05) is 18.2 Å². The Morgan fingerprint density at radius 2 is 1.96 bits per heavy atom. The molecule has 0 bridgehead atoms. The number of hydrogen-bond acceptors (Lipinski definition) is 6. The smallest absolute Gasteiger partial charge is 0.341 e. The summed E-state index contributed by atoms with van der Waals surface area (Å²) < 4.78 is 10.5. The number of nitro benzene ring substituents is 1. The second kappa shape index (κ2) is 6.44. The summed E-state index contributed by atoms with van der Waals surface area (Å²) in [4.78, 5) is 33.0. The number of carboxylic acid groups (broad SMARTS) is 1. The molecule has 0 radical (unpaired) electrons. The summed E-state index contributed by atoms with van der Waals surface area (Å²) in [7, 11) is 0. The molecule has 2 aromatic carbocycles. The van der Waals surface area contributed by atoms with Gasteiger partial charge in [-0.3, -0.25) is 14.9 Å². The minimum Gasteiger partial charge on any atom is -0.482 e. The van der Waals surface area contributed by atoms with E-state index < -0.39 is 17.5 Å². The lowest BCUT2D eigenvalue weighted by Gasteiger charge is -2.04. The topological polar surface area (TPSA) is 116 Å². The number of carboxylic acids is 1. The number of Topliss-reactive ketones (excluding diaryl/α,β-unsaturated/α-hetero) is 1. The lowest BCUT2D eigenvalue weighted by molar-refractivity contribution is -0.384. The van der Waals surface area contributed by atoms with E-state index in [4.69, 9.17) is 14.6 Å². The van der Waals surface area contributed by atoms with Gasteiger partial charge in [0.2, 0.25) is 5.78 Å². The Morgan fingerprint density at radius 1 is 1.24 bits per heavy atom. The van der Waals surface area contributed by atoms with E-state index in [1.807, 2.05) is 0 Å². The van der Waals surface area contributed by atoms with Gasteiger partial charge in [-0.15, -0.1) is 0 Å². The van der Waals surface area contributed by atoms with Gasteiger partial charge in [0.15, 0.2) is 12.4 Å². The van der Waals surface area contributed by atoms with Crippen molar-refractivity contribution in [3.8, 4) is 11.5 Å². The van der Waals surface area contributed by atoms with Crippen LogP contribution in [0.4, 0.5) is 5.69 Å². The van der Waals surface area contributed by atoms with Gasteiger partial charge in [-0.2, -0.15) is 0 Å². The van der Waals surface area contributed by atoms with E-state index in [1.54, 1.807) is 0 Å². The first-order valence-corrected chi connectivity index (χ1v) is 7.11. The van der Waals surface area contributed by atoms with Gasteiger partial charge < -0.3 is 14.6 Å². The minimum absolute atomic E-state index is 0.0516. The highest BCUT2D eigenvalue weighted by molar-refractivity contribution is 6.14. The van der Waals surface area contributed by atoms with Crippen molar-refractivity contribution in [3.63, 3.8) is 0 Å². The molecule has 0 amide bonds. The third-order valence-corrected chi connectivity index (χ3v) is 3.41. The second-order valence-corrected chi connectivity index (χ2v) is 5.13. The molecule has 126 valence electrons. The third-order valence-electron chi connectivity index (χ3n) is 3.41. The number of fused-ring (bicyclic) bond motifs is 1. The van der Waals surface area contributed by atoms with Gasteiger partial charge >= 0.3 is 5.97 Å². The van der Waals surface area contributed by atoms with E-state index in [9.17, 15) is 19.7 Å². The van der Waals surface area contributed by atoms with Gasteiger partial charge in [-0.25, -0.2) is 4.79 Å². The predicted octanol–water partition coefficient (Wildman–Crippen LogP) is 2.67. The van der Waals surface area contributed by atoms with E-state index in [0.29, 0.717) is 11.1 Å². The highest BCUT2D eigenvalue weighted by atomic mass is 16.6. The van der Waals surface area contributed by atoms with Crippen LogP contribution in [0.2, 0.25) is 0 Å².